The summed E-state index contributed by atoms with van der Waals surface area (Å²) in [7, 11) is 0. The van der Waals surface area contributed by atoms with E-state index in [4.69, 9.17) is 9.84 Å². The zero-order chi connectivity index (χ0) is 16.7. The Morgan fingerprint density at radius 2 is 1.77 bits per heavy atom. The molecule has 7 heteroatoms. The minimum atomic E-state index is -1.32. The third kappa shape index (κ3) is 5.53. The van der Waals surface area contributed by atoms with Gasteiger partial charge in [-0.3, -0.25) is 4.79 Å². The van der Waals surface area contributed by atoms with Gasteiger partial charge in [-0.2, -0.15) is 0 Å². The fraction of sp³-hybridized carbons (Fsp3) is 0.400. The average molecular weight is 309 g/mol. The number of carboxylic acid groups (broad SMARTS) is 1. The van der Waals surface area contributed by atoms with Gasteiger partial charge in [0.2, 0.25) is 5.91 Å². The number of aliphatic hydroxyl groups is 1. The zero-order valence-corrected chi connectivity index (χ0v) is 12.4. The lowest BCUT2D eigenvalue weighted by molar-refractivity contribution is -0.164. The minimum absolute atomic E-state index is 0.129. The van der Waals surface area contributed by atoms with Crippen molar-refractivity contribution in [3.05, 3.63) is 35.9 Å². The van der Waals surface area contributed by atoms with Gasteiger partial charge in [-0.25, -0.2) is 9.59 Å². The van der Waals surface area contributed by atoms with E-state index < -0.39 is 36.1 Å². The number of hydrogen-bond acceptors (Lipinski definition) is 5. The zero-order valence-electron chi connectivity index (χ0n) is 12.4. The first-order chi connectivity index (χ1) is 10.3. The largest absolute Gasteiger partial charge is 0.479 e. The van der Waals surface area contributed by atoms with E-state index in [1.54, 1.807) is 30.3 Å². The summed E-state index contributed by atoms with van der Waals surface area (Å²) in [4.78, 5) is 34.4. The number of carbonyl (C=O) groups excluding carboxylic acids is 2. The molecule has 0 spiro atoms. The molecule has 0 aromatic heterocycles. The van der Waals surface area contributed by atoms with E-state index in [0.29, 0.717) is 0 Å². The normalized spacial score (nSPS) is 14.5. The van der Waals surface area contributed by atoms with Gasteiger partial charge in [-0.15, -0.1) is 0 Å². The van der Waals surface area contributed by atoms with Crippen molar-refractivity contribution in [1.29, 1.82) is 0 Å². The van der Waals surface area contributed by atoms with Crippen LogP contribution in [0.5, 0.6) is 0 Å². The highest BCUT2D eigenvalue weighted by Gasteiger charge is 2.27. The molecule has 1 aromatic rings. The van der Waals surface area contributed by atoms with Gasteiger partial charge in [0.15, 0.2) is 6.10 Å². The van der Waals surface area contributed by atoms with Crippen molar-refractivity contribution >= 4 is 17.8 Å². The summed E-state index contributed by atoms with van der Waals surface area (Å²) < 4.78 is 4.79. The first-order valence-electron chi connectivity index (χ1n) is 6.77. The van der Waals surface area contributed by atoms with Crippen molar-refractivity contribution in [3.63, 3.8) is 0 Å². The second-order valence-corrected chi connectivity index (χ2v) is 4.84. The molecule has 3 N–H and O–H groups in total. The monoisotopic (exact) mass is 309 g/mol. The maximum atomic E-state index is 12.0. The van der Waals surface area contributed by atoms with Crippen LogP contribution in [-0.2, 0) is 25.5 Å². The molecule has 1 amide bonds. The number of carbonyl (C=O) groups is 3. The first-order valence-corrected chi connectivity index (χ1v) is 6.77. The van der Waals surface area contributed by atoms with E-state index in [1.807, 2.05) is 0 Å². The quantitative estimate of drug-likeness (QED) is 0.616. The summed E-state index contributed by atoms with van der Waals surface area (Å²) in [5.74, 6) is -2.89. The molecule has 1 aromatic carbocycles. The summed E-state index contributed by atoms with van der Waals surface area (Å²) in [5, 5.41) is 20.4. The Labute approximate surface area is 127 Å². The average Bonchev–Trinajstić information content (AvgIpc) is 2.47. The third-order valence-corrected chi connectivity index (χ3v) is 2.90. The van der Waals surface area contributed by atoms with Crippen molar-refractivity contribution in [1.82, 2.24) is 5.32 Å². The third-order valence-electron chi connectivity index (χ3n) is 2.90. The summed E-state index contributed by atoms with van der Waals surface area (Å²) in [5.41, 5.74) is 0.762. The molecule has 7 nitrogen and oxygen atoms in total. The van der Waals surface area contributed by atoms with E-state index >= 15 is 0 Å². The topological polar surface area (TPSA) is 113 Å². The Balaban J connectivity index is 2.83. The lowest BCUT2D eigenvalue weighted by Crippen LogP contribution is -2.47. The Kier molecular flexibility index (Phi) is 6.52. The molecule has 22 heavy (non-hydrogen) atoms. The number of carboxylic acids is 1. The van der Waals surface area contributed by atoms with E-state index in [1.165, 1.54) is 13.8 Å². The number of aliphatic hydroxyl groups excluding tert-OH is 1. The smallest absolute Gasteiger partial charge is 0.344 e. The van der Waals surface area contributed by atoms with Crippen LogP contribution in [0.25, 0.3) is 0 Å². The van der Waals surface area contributed by atoms with Gasteiger partial charge in [0, 0.05) is 6.42 Å². The Morgan fingerprint density at radius 1 is 1.18 bits per heavy atom. The Bertz CT molecular complexity index is 528. The fourth-order valence-electron chi connectivity index (χ4n) is 1.64. The van der Waals surface area contributed by atoms with Crippen LogP contribution in [-0.4, -0.2) is 46.3 Å². The van der Waals surface area contributed by atoms with Crippen molar-refractivity contribution in [3.8, 4) is 0 Å². The van der Waals surface area contributed by atoms with E-state index in [2.05, 4.69) is 5.32 Å². The van der Waals surface area contributed by atoms with Gasteiger partial charge in [-0.1, -0.05) is 30.3 Å². The molecule has 3 atom stereocenters. The molecule has 0 saturated carbocycles. The molecule has 0 fully saturated rings. The molecule has 0 radical (unpaired) electrons. The van der Waals surface area contributed by atoms with Crippen LogP contribution in [0, 0.1) is 0 Å². The maximum Gasteiger partial charge on any atom is 0.344 e. The molecular formula is C15H19NO6. The predicted octanol–water partition coefficient (Wildman–Crippen LogP) is 0.111. The molecular weight excluding hydrogens is 290 g/mol. The van der Waals surface area contributed by atoms with Crippen LogP contribution in [0.15, 0.2) is 30.3 Å². The number of hydrogen-bond donors (Lipinski definition) is 3. The van der Waals surface area contributed by atoms with Crippen LogP contribution in [0.3, 0.4) is 0 Å². The highest BCUT2D eigenvalue weighted by atomic mass is 16.6. The van der Waals surface area contributed by atoms with Gasteiger partial charge in [-0.05, 0) is 19.4 Å². The Hall–Kier alpha value is -2.41. The van der Waals surface area contributed by atoms with Crippen molar-refractivity contribution < 1.29 is 29.3 Å². The van der Waals surface area contributed by atoms with Crippen LogP contribution < -0.4 is 5.32 Å². The summed E-state index contributed by atoms with van der Waals surface area (Å²) >= 11 is 0. The van der Waals surface area contributed by atoms with Crippen LogP contribution in [0.2, 0.25) is 0 Å². The predicted molar refractivity (Wildman–Crippen MR) is 76.9 cm³/mol. The van der Waals surface area contributed by atoms with Gasteiger partial charge in [0.25, 0.3) is 0 Å². The van der Waals surface area contributed by atoms with Gasteiger partial charge < -0.3 is 20.3 Å². The number of benzene rings is 1. The minimum Gasteiger partial charge on any atom is -0.479 e. The molecule has 0 aliphatic rings. The SMILES string of the molecule is C[C@H](O)C(=O)N[C@@H](Cc1ccccc1)C(=O)O[C@@H](C)C(=O)O. The molecule has 1 rings (SSSR count). The molecule has 0 aliphatic heterocycles. The highest BCUT2D eigenvalue weighted by Crippen LogP contribution is 2.06. The number of nitrogens with one attached hydrogen (secondary N) is 1. The van der Waals surface area contributed by atoms with Crippen molar-refractivity contribution in [2.75, 3.05) is 0 Å². The fourth-order valence-corrected chi connectivity index (χ4v) is 1.64. The molecule has 0 bridgehead atoms. The lowest BCUT2D eigenvalue weighted by atomic mass is 10.1. The van der Waals surface area contributed by atoms with Crippen LogP contribution in [0.1, 0.15) is 19.4 Å². The van der Waals surface area contributed by atoms with Gasteiger partial charge in [0.1, 0.15) is 12.1 Å². The number of amides is 1. The van der Waals surface area contributed by atoms with Crippen LogP contribution in [0.4, 0.5) is 0 Å². The van der Waals surface area contributed by atoms with Crippen LogP contribution >= 0.6 is 0 Å². The summed E-state index contributed by atoms with van der Waals surface area (Å²) in [6.07, 6.45) is -2.48. The Morgan fingerprint density at radius 3 is 2.27 bits per heavy atom. The summed E-state index contributed by atoms with van der Waals surface area (Å²) in [6.45, 7) is 2.48. The standard InChI is InChI=1S/C15H19NO6/c1-9(17)13(18)16-12(8-11-6-4-3-5-7-11)15(21)22-10(2)14(19)20/h3-7,9-10,12,17H,8H2,1-2H3,(H,16,18)(H,19,20)/t9-,10-,12-/m0/s1. The number of rotatable bonds is 7. The molecule has 0 aliphatic carbocycles. The number of ether oxygens (including phenoxy) is 1. The van der Waals surface area contributed by atoms with Crippen molar-refractivity contribution in [2.24, 2.45) is 0 Å². The highest BCUT2D eigenvalue weighted by molar-refractivity contribution is 5.87. The molecule has 0 unspecified atom stereocenters. The van der Waals surface area contributed by atoms with E-state index in [0.717, 1.165) is 5.56 Å². The summed E-state index contributed by atoms with van der Waals surface area (Å²) in [6, 6.07) is 7.79. The van der Waals surface area contributed by atoms with E-state index in [9.17, 15) is 19.5 Å². The second-order valence-electron chi connectivity index (χ2n) is 4.84. The molecule has 0 heterocycles. The maximum absolute atomic E-state index is 12.0. The molecule has 0 saturated heterocycles. The first kappa shape index (κ1) is 17.6. The number of aliphatic carboxylic acids is 1. The number of esters is 1. The lowest BCUT2D eigenvalue weighted by Gasteiger charge is -2.20. The van der Waals surface area contributed by atoms with E-state index in [-0.39, 0.29) is 6.42 Å². The van der Waals surface area contributed by atoms with Gasteiger partial charge in [0.05, 0.1) is 0 Å². The van der Waals surface area contributed by atoms with Gasteiger partial charge >= 0.3 is 11.9 Å². The second kappa shape index (κ2) is 8.14. The molecule has 120 valence electrons. The van der Waals surface area contributed by atoms with Crippen molar-refractivity contribution in [2.45, 2.75) is 38.5 Å².